The molecule has 4 heteroatoms. The fraction of sp³-hybridized carbons (Fsp3) is 0.500. The molecule has 88 valence electrons. The maximum atomic E-state index is 12.6. The molecule has 1 heterocycles. The first-order chi connectivity index (χ1) is 7.74. The lowest BCUT2D eigenvalue weighted by molar-refractivity contribution is 0.274. The molecule has 1 aliphatic heterocycles. The lowest BCUT2D eigenvalue weighted by atomic mass is 10.1. The molecule has 2 N–H and O–H groups in total. The van der Waals surface area contributed by atoms with Gasteiger partial charge >= 0.3 is 0 Å². The van der Waals surface area contributed by atoms with Gasteiger partial charge in [-0.25, -0.2) is 4.39 Å². The normalized spacial score (nSPS) is 20.5. The third kappa shape index (κ3) is 3.79. The van der Waals surface area contributed by atoms with Gasteiger partial charge in [0.15, 0.2) is 0 Å². The summed E-state index contributed by atoms with van der Waals surface area (Å²) in [6, 6.07) is 5.96. The van der Waals surface area contributed by atoms with Gasteiger partial charge in [0.05, 0.1) is 12.7 Å². The zero-order valence-corrected chi connectivity index (χ0v) is 9.06. The summed E-state index contributed by atoms with van der Waals surface area (Å²) in [6.45, 7) is 1.32. The van der Waals surface area contributed by atoms with E-state index in [4.69, 9.17) is 15.2 Å². The Labute approximate surface area is 94.3 Å². The Balaban J connectivity index is 1.67. The number of rotatable bonds is 6. The Morgan fingerprint density at radius 3 is 2.75 bits per heavy atom. The van der Waals surface area contributed by atoms with Crippen LogP contribution >= 0.6 is 0 Å². The summed E-state index contributed by atoms with van der Waals surface area (Å²) in [5, 5.41) is 0. The summed E-state index contributed by atoms with van der Waals surface area (Å²) in [5.41, 5.74) is 5.87. The Morgan fingerprint density at radius 1 is 1.44 bits per heavy atom. The minimum absolute atomic E-state index is 0.00857. The number of halogens is 1. The molecule has 0 saturated carbocycles. The van der Waals surface area contributed by atoms with E-state index in [9.17, 15) is 4.39 Å². The van der Waals surface area contributed by atoms with Gasteiger partial charge in [-0.05, 0) is 37.1 Å². The summed E-state index contributed by atoms with van der Waals surface area (Å²) in [4.78, 5) is 0. The predicted octanol–water partition coefficient (Wildman–Crippen LogP) is 1.71. The van der Waals surface area contributed by atoms with Gasteiger partial charge in [0.25, 0.3) is 0 Å². The van der Waals surface area contributed by atoms with Crippen molar-refractivity contribution in [3.05, 3.63) is 30.1 Å². The van der Waals surface area contributed by atoms with Crippen molar-refractivity contribution in [2.24, 2.45) is 5.73 Å². The van der Waals surface area contributed by atoms with Gasteiger partial charge < -0.3 is 15.2 Å². The zero-order chi connectivity index (χ0) is 11.4. The minimum Gasteiger partial charge on any atom is -0.492 e. The highest BCUT2D eigenvalue weighted by Crippen LogP contribution is 2.17. The second-order valence-corrected chi connectivity index (χ2v) is 4.06. The van der Waals surface area contributed by atoms with Crippen LogP contribution in [0.25, 0.3) is 0 Å². The largest absolute Gasteiger partial charge is 0.492 e. The van der Waals surface area contributed by atoms with E-state index in [1.54, 1.807) is 12.1 Å². The Hall–Kier alpha value is -1.13. The maximum absolute atomic E-state index is 12.6. The molecule has 3 nitrogen and oxygen atoms in total. The molecule has 2 atom stereocenters. The van der Waals surface area contributed by atoms with Crippen LogP contribution in [0.15, 0.2) is 24.3 Å². The van der Waals surface area contributed by atoms with Crippen LogP contribution in [0.5, 0.6) is 5.75 Å². The van der Waals surface area contributed by atoms with Crippen molar-refractivity contribution < 1.29 is 13.9 Å². The van der Waals surface area contributed by atoms with Crippen LogP contribution in [0, 0.1) is 5.82 Å². The number of benzene rings is 1. The van der Waals surface area contributed by atoms with Crippen LogP contribution in [0.1, 0.15) is 12.8 Å². The van der Waals surface area contributed by atoms with Gasteiger partial charge in [0.1, 0.15) is 18.2 Å². The van der Waals surface area contributed by atoms with Crippen molar-refractivity contribution in [1.29, 1.82) is 0 Å². The molecule has 1 aliphatic rings. The molecule has 0 amide bonds. The molecule has 1 aromatic carbocycles. The third-order valence-electron chi connectivity index (χ3n) is 2.54. The average Bonchev–Trinajstić information content (AvgIpc) is 3.09. The summed E-state index contributed by atoms with van der Waals surface area (Å²) in [5.74, 6) is 0.391. The monoisotopic (exact) mass is 225 g/mol. The number of hydrogen-bond acceptors (Lipinski definition) is 3. The van der Waals surface area contributed by atoms with Crippen molar-refractivity contribution in [2.45, 2.75) is 25.0 Å². The molecule has 0 aromatic heterocycles. The van der Waals surface area contributed by atoms with Gasteiger partial charge in [-0.3, -0.25) is 0 Å². The first-order valence-corrected chi connectivity index (χ1v) is 5.49. The molecule has 1 fully saturated rings. The van der Waals surface area contributed by atoms with Crippen molar-refractivity contribution in [3.8, 4) is 5.75 Å². The summed E-state index contributed by atoms with van der Waals surface area (Å²) >= 11 is 0. The van der Waals surface area contributed by atoms with E-state index in [1.165, 1.54) is 12.1 Å². The van der Waals surface area contributed by atoms with Crippen molar-refractivity contribution in [2.75, 3.05) is 13.2 Å². The first kappa shape index (κ1) is 11.4. The highest BCUT2D eigenvalue weighted by atomic mass is 19.1. The van der Waals surface area contributed by atoms with Gasteiger partial charge in [-0.1, -0.05) is 0 Å². The standard InChI is InChI=1S/C12H16FNO2/c13-9-1-4-11(5-2-9)15-7-10(14)3-6-12-8-16-12/h1-2,4-5,10,12H,3,6-8,14H2. The Morgan fingerprint density at radius 2 is 2.12 bits per heavy atom. The fourth-order valence-electron chi connectivity index (χ4n) is 1.45. The van der Waals surface area contributed by atoms with E-state index < -0.39 is 0 Å². The van der Waals surface area contributed by atoms with Crippen molar-refractivity contribution >= 4 is 0 Å². The van der Waals surface area contributed by atoms with Crippen molar-refractivity contribution in [3.63, 3.8) is 0 Å². The molecule has 0 bridgehead atoms. The van der Waals surface area contributed by atoms with E-state index in [-0.39, 0.29) is 11.9 Å². The lowest BCUT2D eigenvalue weighted by Crippen LogP contribution is -2.28. The molecule has 0 radical (unpaired) electrons. The van der Waals surface area contributed by atoms with Crippen molar-refractivity contribution in [1.82, 2.24) is 0 Å². The van der Waals surface area contributed by atoms with E-state index in [0.717, 1.165) is 19.4 Å². The second-order valence-electron chi connectivity index (χ2n) is 4.06. The molecule has 1 aromatic rings. The highest BCUT2D eigenvalue weighted by molar-refractivity contribution is 5.22. The average molecular weight is 225 g/mol. The Bertz CT molecular complexity index is 324. The number of nitrogens with two attached hydrogens (primary N) is 1. The smallest absolute Gasteiger partial charge is 0.123 e. The predicted molar refractivity (Wildman–Crippen MR) is 58.8 cm³/mol. The molecular formula is C12H16FNO2. The van der Waals surface area contributed by atoms with E-state index in [2.05, 4.69) is 0 Å². The molecule has 0 spiro atoms. The van der Waals surface area contributed by atoms with Gasteiger partial charge in [0, 0.05) is 6.04 Å². The van der Waals surface area contributed by atoms with Crippen LogP contribution in [-0.2, 0) is 4.74 Å². The van der Waals surface area contributed by atoms with Crippen LogP contribution in [0.4, 0.5) is 4.39 Å². The van der Waals surface area contributed by atoms with Gasteiger partial charge in [0.2, 0.25) is 0 Å². The molecular weight excluding hydrogens is 209 g/mol. The van der Waals surface area contributed by atoms with Gasteiger partial charge in [-0.2, -0.15) is 0 Å². The molecule has 1 saturated heterocycles. The summed E-state index contributed by atoms with van der Waals surface area (Å²) in [7, 11) is 0. The SMILES string of the molecule is NC(CCC1CO1)COc1ccc(F)cc1. The number of epoxide rings is 1. The van der Waals surface area contributed by atoms with Crippen LogP contribution in [0.3, 0.4) is 0 Å². The summed E-state index contributed by atoms with van der Waals surface area (Å²) < 4.78 is 23.1. The lowest BCUT2D eigenvalue weighted by Gasteiger charge is -2.12. The minimum atomic E-state index is -0.262. The molecule has 0 aliphatic carbocycles. The topological polar surface area (TPSA) is 47.8 Å². The third-order valence-corrected chi connectivity index (χ3v) is 2.54. The van der Waals surface area contributed by atoms with E-state index >= 15 is 0 Å². The summed E-state index contributed by atoms with van der Waals surface area (Å²) in [6.07, 6.45) is 2.30. The molecule has 16 heavy (non-hydrogen) atoms. The zero-order valence-electron chi connectivity index (χ0n) is 9.06. The van der Waals surface area contributed by atoms with Crippen LogP contribution in [0.2, 0.25) is 0 Å². The highest BCUT2D eigenvalue weighted by Gasteiger charge is 2.22. The number of hydrogen-bond donors (Lipinski definition) is 1. The molecule has 2 unspecified atom stereocenters. The maximum Gasteiger partial charge on any atom is 0.123 e. The first-order valence-electron chi connectivity index (χ1n) is 5.49. The van der Waals surface area contributed by atoms with Crippen LogP contribution in [-0.4, -0.2) is 25.4 Å². The van der Waals surface area contributed by atoms with E-state index in [0.29, 0.717) is 18.5 Å². The molecule has 2 rings (SSSR count). The number of ether oxygens (including phenoxy) is 2. The Kier molecular flexibility index (Phi) is 3.74. The van der Waals surface area contributed by atoms with Gasteiger partial charge in [-0.15, -0.1) is 0 Å². The second kappa shape index (κ2) is 5.27. The fourth-order valence-corrected chi connectivity index (χ4v) is 1.45. The van der Waals surface area contributed by atoms with Crippen LogP contribution < -0.4 is 10.5 Å². The quantitative estimate of drug-likeness (QED) is 0.750. The van der Waals surface area contributed by atoms with E-state index in [1.807, 2.05) is 0 Å².